The molecule has 2 heteroatoms. The molecule has 0 radical (unpaired) electrons. The molecule has 0 aromatic rings. The fourth-order valence-electron chi connectivity index (χ4n) is 1.64. The molecule has 0 aliphatic carbocycles. The van der Waals surface area contributed by atoms with Crippen LogP contribution in [0, 0.1) is 10.8 Å². The monoisotopic (exact) mass is 173 g/mol. The van der Waals surface area contributed by atoms with E-state index in [0.29, 0.717) is 6.54 Å². The van der Waals surface area contributed by atoms with Crippen LogP contribution in [-0.2, 0) is 0 Å². The third kappa shape index (κ3) is 2.20. The van der Waals surface area contributed by atoms with Gasteiger partial charge in [0.25, 0.3) is 0 Å². The second-order valence-electron chi connectivity index (χ2n) is 4.64. The molecule has 0 fully saturated rings. The Morgan fingerprint density at radius 1 is 1.25 bits per heavy atom. The van der Waals surface area contributed by atoms with Crippen molar-refractivity contribution in [2.24, 2.45) is 16.6 Å². The molecular formula is C10H23NO. The number of nitrogens with two attached hydrogens (primary N) is 1. The smallest absolute Gasteiger partial charge is 0.0504 e. The van der Waals surface area contributed by atoms with Gasteiger partial charge in [-0.3, -0.25) is 0 Å². The van der Waals surface area contributed by atoms with Crippen LogP contribution in [0.1, 0.15) is 40.5 Å². The van der Waals surface area contributed by atoms with Crippen molar-refractivity contribution >= 4 is 0 Å². The van der Waals surface area contributed by atoms with E-state index in [-0.39, 0.29) is 17.4 Å². The Morgan fingerprint density at radius 2 is 1.75 bits per heavy atom. The Bertz CT molecular complexity index is 122. The Labute approximate surface area is 76.2 Å². The molecule has 2 nitrogen and oxygen atoms in total. The first-order valence-electron chi connectivity index (χ1n) is 4.74. The van der Waals surface area contributed by atoms with Gasteiger partial charge in [-0.25, -0.2) is 0 Å². The summed E-state index contributed by atoms with van der Waals surface area (Å²) in [6.07, 6.45) is 2.08. The lowest BCUT2D eigenvalue weighted by atomic mass is 9.64. The number of hydrogen-bond donors (Lipinski definition) is 2. The van der Waals surface area contributed by atoms with Gasteiger partial charge in [0.05, 0.1) is 6.61 Å². The summed E-state index contributed by atoms with van der Waals surface area (Å²) >= 11 is 0. The van der Waals surface area contributed by atoms with Crippen LogP contribution in [-0.4, -0.2) is 18.3 Å². The molecule has 1 atom stereocenters. The third-order valence-corrected chi connectivity index (χ3v) is 3.01. The van der Waals surface area contributed by atoms with E-state index in [9.17, 15) is 5.11 Å². The van der Waals surface area contributed by atoms with Gasteiger partial charge in [-0.15, -0.1) is 0 Å². The highest BCUT2D eigenvalue weighted by Gasteiger charge is 2.39. The highest BCUT2D eigenvalue weighted by Crippen LogP contribution is 2.41. The summed E-state index contributed by atoms with van der Waals surface area (Å²) < 4.78 is 0. The standard InChI is InChI=1S/C10H23NO/c1-5-6-10(7-11,8-12)9(2,3)4/h12H,5-8,11H2,1-4H3. The predicted molar refractivity (Wildman–Crippen MR) is 52.9 cm³/mol. The zero-order chi connectivity index (χ0) is 9.83. The summed E-state index contributed by atoms with van der Waals surface area (Å²) in [5.74, 6) is 0. The highest BCUT2D eigenvalue weighted by molar-refractivity contribution is 4.90. The lowest BCUT2D eigenvalue weighted by Crippen LogP contribution is -2.45. The molecule has 3 N–H and O–H groups in total. The van der Waals surface area contributed by atoms with Gasteiger partial charge < -0.3 is 10.8 Å². The predicted octanol–water partition coefficient (Wildman–Crippen LogP) is 1.77. The maximum atomic E-state index is 9.36. The van der Waals surface area contributed by atoms with Crippen LogP contribution in [0.2, 0.25) is 0 Å². The zero-order valence-corrected chi connectivity index (χ0v) is 8.85. The lowest BCUT2D eigenvalue weighted by Gasteiger charge is -2.42. The molecule has 12 heavy (non-hydrogen) atoms. The van der Waals surface area contributed by atoms with E-state index in [0.717, 1.165) is 12.8 Å². The zero-order valence-electron chi connectivity index (χ0n) is 8.85. The molecule has 0 heterocycles. The van der Waals surface area contributed by atoms with Crippen LogP contribution < -0.4 is 5.73 Å². The van der Waals surface area contributed by atoms with Gasteiger partial charge >= 0.3 is 0 Å². The summed E-state index contributed by atoms with van der Waals surface area (Å²) in [5, 5.41) is 9.36. The summed E-state index contributed by atoms with van der Waals surface area (Å²) in [7, 11) is 0. The quantitative estimate of drug-likeness (QED) is 0.680. The molecule has 0 amide bonds. The Hall–Kier alpha value is -0.0800. The van der Waals surface area contributed by atoms with E-state index in [2.05, 4.69) is 27.7 Å². The first-order chi connectivity index (χ1) is 5.43. The fourth-order valence-corrected chi connectivity index (χ4v) is 1.64. The topological polar surface area (TPSA) is 46.2 Å². The summed E-state index contributed by atoms with van der Waals surface area (Å²) in [6.45, 7) is 9.33. The summed E-state index contributed by atoms with van der Waals surface area (Å²) in [6, 6.07) is 0. The Kier molecular flexibility index (Phi) is 4.21. The van der Waals surface area contributed by atoms with Gasteiger partial charge in [0.15, 0.2) is 0 Å². The van der Waals surface area contributed by atoms with Gasteiger partial charge in [0.1, 0.15) is 0 Å². The van der Waals surface area contributed by atoms with Gasteiger partial charge in [0.2, 0.25) is 0 Å². The maximum Gasteiger partial charge on any atom is 0.0504 e. The average molecular weight is 173 g/mol. The van der Waals surface area contributed by atoms with Crippen molar-refractivity contribution in [2.45, 2.75) is 40.5 Å². The van der Waals surface area contributed by atoms with Crippen LogP contribution in [0.4, 0.5) is 0 Å². The minimum absolute atomic E-state index is 0.0898. The average Bonchev–Trinajstić information content (AvgIpc) is 1.98. The second kappa shape index (κ2) is 4.24. The van der Waals surface area contributed by atoms with E-state index in [4.69, 9.17) is 5.73 Å². The van der Waals surface area contributed by atoms with E-state index in [1.165, 1.54) is 0 Å². The second-order valence-corrected chi connectivity index (χ2v) is 4.64. The van der Waals surface area contributed by atoms with Crippen LogP contribution in [0.25, 0.3) is 0 Å². The molecular weight excluding hydrogens is 150 g/mol. The number of rotatable bonds is 4. The van der Waals surface area contributed by atoms with Gasteiger partial charge in [0, 0.05) is 12.0 Å². The fraction of sp³-hybridized carbons (Fsp3) is 1.00. The van der Waals surface area contributed by atoms with Crippen LogP contribution in [0.15, 0.2) is 0 Å². The Balaban J connectivity index is 4.57. The van der Waals surface area contributed by atoms with E-state index >= 15 is 0 Å². The van der Waals surface area contributed by atoms with E-state index in [1.54, 1.807) is 0 Å². The number of aliphatic hydroxyl groups excluding tert-OH is 1. The molecule has 74 valence electrons. The molecule has 0 aliphatic rings. The van der Waals surface area contributed by atoms with Crippen molar-refractivity contribution in [3.05, 3.63) is 0 Å². The number of hydrogen-bond acceptors (Lipinski definition) is 2. The molecule has 0 aromatic heterocycles. The highest BCUT2D eigenvalue weighted by atomic mass is 16.3. The molecule has 0 saturated carbocycles. The van der Waals surface area contributed by atoms with Crippen molar-refractivity contribution in [3.63, 3.8) is 0 Å². The maximum absolute atomic E-state index is 9.36. The van der Waals surface area contributed by atoms with Gasteiger partial charge in [-0.05, 0) is 11.8 Å². The molecule has 1 unspecified atom stereocenters. The normalized spacial score (nSPS) is 17.5. The SMILES string of the molecule is CCCC(CN)(CO)C(C)(C)C. The van der Waals surface area contributed by atoms with Gasteiger partial charge in [-0.2, -0.15) is 0 Å². The Morgan fingerprint density at radius 3 is 1.83 bits per heavy atom. The molecule has 0 aromatic carbocycles. The van der Waals surface area contributed by atoms with Gasteiger partial charge in [-0.1, -0.05) is 34.1 Å². The first kappa shape index (κ1) is 11.9. The largest absolute Gasteiger partial charge is 0.396 e. The third-order valence-electron chi connectivity index (χ3n) is 3.01. The minimum atomic E-state index is -0.0955. The molecule has 0 aliphatic heterocycles. The minimum Gasteiger partial charge on any atom is -0.396 e. The van der Waals surface area contributed by atoms with Crippen molar-refractivity contribution in [1.82, 2.24) is 0 Å². The van der Waals surface area contributed by atoms with Crippen molar-refractivity contribution in [3.8, 4) is 0 Å². The van der Waals surface area contributed by atoms with E-state index in [1.807, 2.05) is 0 Å². The summed E-state index contributed by atoms with van der Waals surface area (Å²) in [4.78, 5) is 0. The molecule has 0 bridgehead atoms. The molecule has 0 spiro atoms. The molecule has 0 saturated heterocycles. The van der Waals surface area contributed by atoms with Crippen LogP contribution in [0.5, 0.6) is 0 Å². The number of aliphatic hydroxyl groups is 1. The molecule has 0 rings (SSSR count). The van der Waals surface area contributed by atoms with Crippen LogP contribution in [0.3, 0.4) is 0 Å². The van der Waals surface area contributed by atoms with Crippen molar-refractivity contribution in [2.75, 3.05) is 13.2 Å². The van der Waals surface area contributed by atoms with Crippen molar-refractivity contribution in [1.29, 1.82) is 0 Å². The first-order valence-corrected chi connectivity index (χ1v) is 4.74. The summed E-state index contributed by atoms with van der Waals surface area (Å²) in [5.41, 5.74) is 5.72. The van der Waals surface area contributed by atoms with E-state index < -0.39 is 0 Å². The van der Waals surface area contributed by atoms with Crippen LogP contribution >= 0.6 is 0 Å². The van der Waals surface area contributed by atoms with Crippen molar-refractivity contribution < 1.29 is 5.11 Å². The lowest BCUT2D eigenvalue weighted by molar-refractivity contribution is 0.0145.